The first-order chi connectivity index (χ1) is 19.1. The largest absolute Gasteiger partial charge is 0.444 e. The molecule has 1 fully saturated rings. The molecule has 5 heterocycles. The molecule has 2 aromatic rings. The Bertz CT molecular complexity index is 1610. The predicted octanol–water partition coefficient (Wildman–Crippen LogP) is 5.23. The van der Waals surface area contributed by atoms with Crippen molar-refractivity contribution >= 4 is 44.0 Å². The van der Waals surface area contributed by atoms with Crippen molar-refractivity contribution in [2.24, 2.45) is 10.9 Å². The summed E-state index contributed by atoms with van der Waals surface area (Å²) in [6.07, 6.45) is 3.04. The molecule has 6 rings (SSSR count). The number of carbonyl (C=O) groups is 1. The molecule has 12 heteroatoms. The van der Waals surface area contributed by atoms with E-state index >= 15 is 8.78 Å². The third-order valence-electron chi connectivity index (χ3n) is 7.24. The Morgan fingerprint density at radius 3 is 2.80 bits per heavy atom. The number of aliphatic imine (C=N–C) groups is 1. The number of guanidine groups is 1. The fourth-order valence-electron chi connectivity index (χ4n) is 5.49. The fourth-order valence-corrected chi connectivity index (χ4v) is 6.53. The van der Waals surface area contributed by atoms with Crippen LogP contribution in [0.25, 0.3) is 15.7 Å². The van der Waals surface area contributed by atoms with Gasteiger partial charge in [-0.05, 0) is 44.3 Å². The van der Waals surface area contributed by atoms with Crippen LogP contribution < -0.4 is 10.6 Å². The van der Waals surface area contributed by atoms with E-state index in [1.807, 2.05) is 0 Å². The van der Waals surface area contributed by atoms with Crippen LogP contribution in [0.2, 0.25) is 0 Å². The fraction of sp³-hybridized carbons (Fsp3) is 0.429. The monoisotopic (exact) mass is 566 g/mol. The molecule has 2 unspecified atom stereocenters. The van der Waals surface area contributed by atoms with E-state index in [1.54, 1.807) is 27.0 Å². The zero-order valence-corrected chi connectivity index (χ0v) is 23.3. The summed E-state index contributed by atoms with van der Waals surface area (Å²) in [5, 5.41) is 16.1. The van der Waals surface area contributed by atoms with Gasteiger partial charge < -0.3 is 19.7 Å². The number of ether oxygens (including phenoxy) is 2. The van der Waals surface area contributed by atoms with Crippen LogP contribution >= 0.6 is 11.3 Å². The summed E-state index contributed by atoms with van der Waals surface area (Å²) < 4.78 is 42.8. The number of carbonyl (C=O) groups excluding carboxylic acids is 1. The van der Waals surface area contributed by atoms with Crippen molar-refractivity contribution in [1.29, 1.82) is 5.26 Å². The summed E-state index contributed by atoms with van der Waals surface area (Å²) >= 11 is 0.877. The molecule has 3 aliphatic heterocycles. The van der Waals surface area contributed by atoms with Crippen molar-refractivity contribution in [3.63, 3.8) is 0 Å². The Labute approximate surface area is 233 Å². The molecule has 9 nitrogen and oxygen atoms in total. The van der Waals surface area contributed by atoms with Gasteiger partial charge in [0.15, 0.2) is 11.8 Å². The minimum absolute atomic E-state index is 0.0175. The maximum Gasteiger partial charge on any atom is 0.412 e. The number of hydrogen-bond donors (Lipinski definition) is 2. The van der Waals surface area contributed by atoms with Crippen LogP contribution in [0.1, 0.15) is 45.4 Å². The van der Waals surface area contributed by atoms with Crippen molar-refractivity contribution in [2.75, 3.05) is 31.6 Å². The number of aromatic nitrogens is 1. The lowest BCUT2D eigenvalue weighted by Crippen LogP contribution is -2.42. The standard InChI is InChI=1S/C28H28F2N6O3S/c1-13-5-6-36(10-13)26-33-8-15-16-11-38-12-17(16)19(21(30)22(15)34-26)23-20-14(7-31)25(35-27(37)39-28(2,3)4)40-24(20)18(29)9-32-23/h8-9,13,22H,5-6,10-12H2,1-4H3,(H,33,34)(H,35,37). The number of nitrogens with zero attached hydrogens (tertiary/aromatic N) is 4. The smallest absolute Gasteiger partial charge is 0.412 e. The van der Waals surface area contributed by atoms with E-state index in [-0.39, 0.29) is 45.1 Å². The van der Waals surface area contributed by atoms with Crippen LogP contribution in [0.4, 0.5) is 18.6 Å². The van der Waals surface area contributed by atoms with Gasteiger partial charge in [-0.15, -0.1) is 11.3 Å². The highest BCUT2D eigenvalue weighted by molar-refractivity contribution is 7.23. The third kappa shape index (κ3) is 4.43. The van der Waals surface area contributed by atoms with E-state index in [2.05, 4.69) is 33.5 Å². The van der Waals surface area contributed by atoms with E-state index < -0.39 is 29.4 Å². The lowest BCUT2D eigenvalue weighted by Gasteiger charge is -2.31. The second-order valence-corrected chi connectivity index (χ2v) is 12.3. The minimum Gasteiger partial charge on any atom is -0.444 e. The van der Waals surface area contributed by atoms with Gasteiger partial charge in [0.05, 0.1) is 35.4 Å². The van der Waals surface area contributed by atoms with Gasteiger partial charge in [0, 0.05) is 35.8 Å². The molecule has 4 aliphatic rings. The van der Waals surface area contributed by atoms with Crippen LogP contribution in [-0.2, 0) is 9.47 Å². The van der Waals surface area contributed by atoms with Crippen molar-refractivity contribution in [2.45, 2.75) is 45.8 Å². The van der Waals surface area contributed by atoms with Crippen LogP contribution in [0, 0.1) is 23.1 Å². The van der Waals surface area contributed by atoms with Crippen LogP contribution in [0.15, 0.2) is 39.9 Å². The highest BCUT2D eigenvalue weighted by Crippen LogP contribution is 2.48. The second-order valence-electron chi connectivity index (χ2n) is 11.3. The summed E-state index contributed by atoms with van der Waals surface area (Å²) in [5.74, 6) is -0.112. The van der Waals surface area contributed by atoms with Gasteiger partial charge >= 0.3 is 6.09 Å². The zero-order valence-electron chi connectivity index (χ0n) is 22.5. The summed E-state index contributed by atoms with van der Waals surface area (Å²) in [6.45, 7) is 9.35. The van der Waals surface area contributed by atoms with Gasteiger partial charge in [-0.1, -0.05) is 6.92 Å². The SMILES string of the molecule is CC1CCN(C2=NC3C(=CN2)C2=C(COC2)C(c2ncc(F)c4sc(NC(=O)OC(C)(C)C)c(C#N)c24)=C3F)C1. The number of halogens is 2. The number of fused-ring (bicyclic) bond motifs is 3. The molecule has 1 saturated heterocycles. The first-order valence-electron chi connectivity index (χ1n) is 13.1. The van der Waals surface area contributed by atoms with E-state index in [0.29, 0.717) is 23.0 Å². The van der Waals surface area contributed by atoms with Gasteiger partial charge in [-0.25, -0.2) is 18.6 Å². The molecule has 40 heavy (non-hydrogen) atoms. The third-order valence-corrected chi connectivity index (χ3v) is 8.36. The molecule has 208 valence electrons. The Balaban J connectivity index is 1.49. The number of likely N-dealkylation sites (tertiary alicyclic amines) is 1. The lowest BCUT2D eigenvalue weighted by molar-refractivity contribution is 0.0636. The summed E-state index contributed by atoms with van der Waals surface area (Å²) in [6, 6.07) is 1.14. The molecule has 0 saturated carbocycles. The van der Waals surface area contributed by atoms with Crippen LogP contribution in [0.3, 0.4) is 0 Å². The number of anilines is 1. The molecular formula is C28H28F2N6O3S. The van der Waals surface area contributed by atoms with Gasteiger partial charge in [-0.2, -0.15) is 5.26 Å². The predicted molar refractivity (Wildman–Crippen MR) is 148 cm³/mol. The number of nitrogens with one attached hydrogen (secondary N) is 2. The Kier molecular flexibility index (Phi) is 6.39. The zero-order chi connectivity index (χ0) is 28.3. The first kappa shape index (κ1) is 26.4. The normalized spacial score (nSPS) is 22.5. The van der Waals surface area contributed by atoms with E-state index in [4.69, 9.17) is 14.5 Å². The highest BCUT2D eigenvalue weighted by Gasteiger charge is 2.41. The Morgan fingerprint density at radius 1 is 1.32 bits per heavy atom. The van der Waals surface area contributed by atoms with E-state index in [1.165, 1.54) is 0 Å². The summed E-state index contributed by atoms with van der Waals surface area (Å²) in [4.78, 5) is 23.7. The van der Waals surface area contributed by atoms with Gasteiger partial charge in [0.2, 0.25) is 0 Å². The van der Waals surface area contributed by atoms with Crippen LogP contribution in [0.5, 0.6) is 0 Å². The quantitative estimate of drug-likeness (QED) is 0.512. The number of nitriles is 1. The molecule has 2 atom stereocenters. The summed E-state index contributed by atoms with van der Waals surface area (Å²) in [7, 11) is 0. The molecule has 1 amide bonds. The van der Waals surface area contributed by atoms with Crippen LogP contribution in [-0.4, -0.2) is 59.9 Å². The highest BCUT2D eigenvalue weighted by atomic mass is 32.1. The minimum atomic E-state index is -0.923. The molecule has 0 radical (unpaired) electrons. The maximum atomic E-state index is 16.6. The molecule has 0 spiro atoms. The maximum absolute atomic E-state index is 16.6. The van der Waals surface area contributed by atoms with E-state index in [9.17, 15) is 10.1 Å². The lowest BCUT2D eigenvalue weighted by atomic mass is 9.82. The molecule has 1 aliphatic carbocycles. The van der Waals surface area contributed by atoms with Gasteiger partial charge in [0.1, 0.15) is 28.5 Å². The van der Waals surface area contributed by atoms with Gasteiger partial charge in [-0.3, -0.25) is 10.3 Å². The number of amides is 1. The molecule has 2 N–H and O–H groups in total. The van der Waals surface area contributed by atoms with Crippen molar-refractivity contribution in [1.82, 2.24) is 15.2 Å². The van der Waals surface area contributed by atoms with Gasteiger partial charge in [0.25, 0.3) is 0 Å². The second kappa shape index (κ2) is 9.67. The number of rotatable bonds is 2. The molecule has 2 aromatic heterocycles. The average Bonchev–Trinajstić information content (AvgIpc) is 3.63. The summed E-state index contributed by atoms with van der Waals surface area (Å²) in [5.41, 5.74) is 1.54. The number of hydrogen-bond acceptors (Lipinski definition) is 9. The molecular weight excluding hydrogens is 538 g/mol. The number of thiophene rings is 1. The van der Waals surface area contributed by atoms with Crippen molar-refractivity contribution < 1.29 is 23.0 Å². The molecule has 0 aromatic carbocycles. The topological polar surface area (TPSA) is 112 Å². The van der Waals surface area contributed by atoms with E-state index in [0.717, 1.165) is 42.6 Å². The number of pyridine rings is 1. The first-order valence-corrected chi connectivity index (χ1v) is 13.9. The Morgan fingerprint density at radius 2 is 2.10 bits per heavy atom. The van der Waals surface area contributed by atoms with Crippen molar-refractivity contribution in [3.05, 3.63) is 52.0 Å². The van der Waals surface area contributed by atoms with Crippen molar-refractivity contribution in [3.8, 4) is 6.07 Å². The average molecular weight is 567 g/mol. The molecule has 0 bridgehead atoms. The Hall–Kier alpha value is -3.82.